The maximum absolute atomic E-state index is 6.31. The quantitative estimate of drug-likeness (QED) is 0.797. The van der Waals surface area contributed by atoms with Crippen LogP contribution in [0, 0.1) is 0 Å². The van der Waals surface area contributed by atoms with Crippen LogP contribution in [0.2, 0.25) is 0 Å². The van der Waals surface area contributed by atoms with Crippen molar-refractivity contribution >= 4 is 5.65 Å². The molecule has 2 N–H and O–H groups in total. The molecule has 0 spiro atoms. The van der Waals surface area contributed by atoms with Gasteiger partial charge < -0.3 is 10.5 Å². The van der Waals surface area contributed by atoms with E-state index in [0.717, 1.165) is 30.1 Å². The Bertz CT molecular complexity index is 871. The zero-order valence-electron chi connectivity index (χ0n) is 14.0. The Morgan fingerprint density at radius 3 is 2.67 bits per heavy atom. The highest BCUT2D eigenvalue weighted by atomic mass is 16.5. The van der Waals surface area contributed by atoms with Gasteiger partial charge in [-0.3, -0.25) is 4.40 Å². The number of rotatable bonds is 3. The minimum Gasteiger partial charge on any atom is -0.484 e. The topological polar surface area (TPSA) is 65.4 Å². The molecule has 5 heteroatoms. The molecule has 24 heavy (non-hydrogen) atoms. The molecule has 124 valence electrons. The molecule has 0 amide bonds. The van der Waals surface area contributed by atoms with Crippen LogP contribution in [0.1, 0.15) is 61.7 Å². The fourth-order valence-corrected chi connectivity index (χ4v) is 3.42. The molecule has 0 radical (unpaired) electrons. The molecule has 0 aliphatic heterocycles. The molecule has 0 bridgehead atoms. The number of nitrogens with zero attached hydrogens (tertiary/aromatic N) is 3. The summed E-state index contributed by atoms with van der Waals surface area (Å²) in [6, 6.07) is 12.3. The molecular formula is C19H22N4O. The Morgan fingerprint density at radius 1 is 1.08 bits per heavy atom. The molecule has 0 saturated carbocycles. The fraction of sp³-hybridized carbons (Fsp3) is 0.368. The Balaban J connectivity index is 1.67. The van der Waals surface area contributed by atoms with E-state index in [2.05, 4.69) is 36.2 Å². The molecular weight excluding hydrogens is 300 g/mol. The van der Waals surface area contributed by atoms with Gasteiger partial charge in [-0.25, -0.2) is 0 Å². The van der Waals surface area contributed by atoms with Gasteiger partial charge in [0.05, 0.1) is 6.20 Å². The summed E-state index contributed by atoms with van der Waals surface area (Å²) in [4.78, 5) is 0. The summed E-state index contributed by atoms with van der Waals surface area (Å²) in [7, 11) is 0. The fourth-order valence-electron chi connectivity index (χ4n) is 3.42. The van der Waals surface area contributed by atoms with E-state index in [9.17, 15) is 0 Å². The van der Waals surface area contributed by atoms with Crippen molar-refractivity contribution in [1.82, 2.24) is 14.6 Å². The molecule has 1 aliphatic carbocycles. The van der Waals surface area contributed by atoms with Crippen LogP contribution in [-0.4, -0.2) is 14.6 Å². The van der Waals surface area contributed by atoms with Crippen LogP contribution in [0.15, 0.2) is 42.6 Å². The zero-order valence-corrected chi connectivity index (χ0v) is 14.0. The number of aromatic nitrogens is 3. The molecule has 5 nitrogen and oxygen atoms in total. The first-order chi connectivity index (χ1) is 11.6. The molecule has 2 aromatic heterocycles. The van der Waals surface area contributed by atoms with E-state index >= 15 is 0 Å². The molecule has 2 atom stereocenters. The lowest BCUT2D eigenvalue weighted by atomic mass is 9.86. The maximum atomic E-state index is 6.31. The van der Waals surface area contributed by atoms with Crippen LogP contribution in [-0.2, 0) is 0 Å². The lowest BCUT2D eigenvalue weighted by molar-refractivity contribution is 0.176. The van der Waals surface area contributed by atoms with Crippen molar-refractivity contribution in [3.05, 3.63) is 59.5 Å². The average molecular weight is 322 g/mol. The van der Waals surface area contributed by atoms with Gasteiger partial charge in [0.2, 0.25) is 0 Å². The second-order valence-electron chi connectivity index (χ2n) is 6.73. The van der Waals surface area contributed by atoms with Crippen molar-refractivity contribution in [1.29, 1.82) is 0 Å². The summed E-state index contributed by atoms with van der Waals surface area (Å²) in [5.41, 5.74) is 9.48. The van der Waals surface area contributed by atoms with Gasteiger partial charge in [0, 0.05) is 12.0 Å². The summed E-state index contributed by atoms with van der Waals surface area (Å²) in [6.07, 6.45) is 3.89. The number of hydrogen-bond donors (Lipinski definition) is 1. The molecule has 3 aromatic rings. The Labute approximate surface area is 141 Å². The SMILES string of the molecule is CC(C)c1nnc2ccc(OC3CC[C@H](N)c4ccccc43)cn12. The van der Waals surface area contributed by atoms with Gasteiger partial charge in [0.15, 0.2) is 5.65 Å². The number of pyridine rings is 1. The molecule has 0 fully saturated rings. The van der Waals surface area contributed by atoms with E-state index in [4.69, 9.17) is 10.5 Å². The van der Waals surface area contributed by atoms with Gasteiger partial charge in [-0.2, -0.15) is 0 Å². The molecule has 1 unspecified atom stereocenters. The van der Waals surface area contributed by atoms with Gasteiger partial charge in [-0.05, 0) is 36.1 Å². The Kier molecular flexibility index (Phi) is 3.73. The van der Waals surface area contributed by atoms with Crippen LogP contribution in [0.3, 0.4) is 0 Å². The minimum absolute atomic E-state index is 0.0393. The third-order valence-corrected chi connectivity index (χ3v) is 4.68. The van der Waals surface area contributed by atoms with Gasteiger partial charge in [0.25, 0.3) is 0 Å². The summed E-state index contributed by atoms with van der Waals surface area (Å²) < 4.78 is 8.32. The van der Waals surface area contributed by atoms with Gasteiger partial charge in [0.1, 0.15) is 17.7 Å². The highest BCUT2D eigenvalue weighted by Crippen LogP contribution is 2.37. The predicted octanol–water partition coefficient (Wildman–Crippen LogP) is 3.77. The zero-order chi connectivity index (χ0) is 16.7. The van der Waals surface area contributed by atoms with Gasteiger partial charge >= 0.3 is 0 Å². The van der Waals surface area contributed by atoms with Crippen LogP contribution in [0.5, 0.6) is 5.75 Å². The Morgan fingerprint density at radius 2 is 1.88 bits per heavy atom. The van der Waals surface area contributed by atoms with Crippen LogP contribution in [0.25, 0.3) is 5.65 Å². The van der Waals surface area contributed by atoms with Crippen molar-refractivity contribution in [2.24, 2.45) is 5.73 Å². The van der Waals surface area contributed by atoms with E-state index in [1.807, 2.05) is 34.9 Å². The summed E-state index contributed by atoms with van der Waals surface area (Å²) in [5.74, 6) is 2.09. The second kappa shape index (κ2) is 5.91. The van der Waals surface area contributed by atoms with E-state index in [-0.39, 0.29) is 12.1 Å². The maximum Gasteiger partial charge on any atom is 0.161 e. The minimum atomic E-state index is 0.0393. The summed E-state index contributed by atoms with van der Waals surface area (Å²) >= 11 is 0. The van der Waals surface area contributed by atoms with E-state index < -0.39 is 0 Å². The van der Waals surface area contributed by atoms with Crippen molar-refractivity contribution in [3.63, 3.8) is 0 Å². The first-order valence-electron chi connectivity index (χ1n) is 8.49. The third kappa shape index (κ3) is 2.55. The standard InChI is InChI=1S/C19H22N4O/c1-12(2)19-22-21-18-10-7-13(11-23(18)19)24-17-9-8-16(20)14-5-3-4-6-15(14)17/h3-7,10-12,16-17H,8-9,20H2,1-2H3/t16-,17?/m0/s1. The predicted molar refractivity (Wildman–Crippen MR) is 93.0 cm³/mol. The number of hydrogen-bond acceptors (Lipinski definition) is 4. The average Bonchev–Trinajstić information content (AvgIpc) is 3.01. The lowest BCUT2D eigenvalue weighted by Gasteiger charge is -2.30. The van der Waals surface area contributed by atoms with E-state index in [1.165, 1.54) is 11.1 Å². The highest BCUT2D eigenvalue weighted by Gasteiger charge is 2.26. The highest BCUT2D eigenvalue weighted by molar-refractivity contribution is 5.42. The first-order valence-corrected chi connectivity index (χ1v) is 8.49. The molecule has 1 aliphatic rings. The molecule has 1 aromatic carbocycles. The molecule has 0 saturated heterocycles. The van der Waals surface area contributed by atoms with E-state index in [1.54, 1.807) is 0 Å². The second-order valence-corrected chi connectivity index (χ2v) is 6.73. The van der Waals surface area contributed by atoms with Crippen LogP contribution < -0.4 is 10.5 Å². The third-order valence-electron chi connectivity index (χ3n) is 4.68. The van der Waals surface area contributed by atoms with Crippen LogP contribution in [0.4, 0.5) is 0 Å². The largest absolute Gasteiger partial charge is 0.484 e. The Hall–Kier alpha value is -2.40. The monoisotopic (exact) mass is 322 g/mol. The number of benzene rings is 1. The normalized spacial score (nSPS) is 20.3. The number of ether oxygens (including phenoxy) is 1. The number of nitrogens with two attached hydrogens (primary N) is 1. The smallest absolute Gasteiger partial charge is 0.161 e. The first kappa shape index (κ1) is 15.1. The van der Waals surface area contributed by atoms with Crippen molar-refractivity contribution < 1.29 is 4.74 Å². The van der Waals surface area contributed by atoms with Gasteiger partial charge in [-0.1, -0.05) is 38.1 Å². The van der Waals surface area contributed by atoms with Crippen molar-refractivity contribution in [2.45, 2.75) is 44.8 Å². The molecule has 2 heterocycles. The summed E-state index contributed by atoms with van der Waals surface area (Å²) in [5, 5.41) is 8.48. The lowest BCUT2D eigenvalue weighted by Crippen LogP contribution is -2.23. The van der Waals surface area contributed by atoms with Crippen LogP contribution >= 0.6 is 0 Å². The van der Waals surface area contributed by atoms with Crippen molar-refractivity contribution in [3.8, 4) is 5.75 Å². The van der Waals surface area contributed by atoms with Crippen molar-refractivity contribution in [2.75, 3.05) is 0 Å². The van der Waals surface area contributed by atoms with E-state index in [0.29, 0.717) is 5.92 Å². The summed E-state index contributed by atoms with van der Waals surface area (Å²) in [6.45, 7) is 4.23. The van der Waals surface area contributed by atoms with Gasteiger partial charge in [-0.15, -0.1) is 10.2 Å². The molecule has 4 rings (SSSR count). The number of fused-ring (bicyclic) bond motifs is 2.